The highest BCUT2D eigenvalue weighted by Crippen LogP contribution is 2.19. The van der Waals surface area contributed by atoms with Crippen LogP contribution < -0.4 is 0 Å². The monoisotopic (exact) mass is 989 g/mol. The summed E-state index contributed by atoms with van der Waals surface area (Å²) in [5.41, 5.74) is 0. The van der Waals surface area contributed by atoms with Gasteiger partial charge in [0, 0.05) is 19.3 Å². The number of carbonyl (C=O) groups is 3. The lowest BCUT2D eigenvalue weighted by atomic mass is 9.99. The summed E-state index contributed by atoms with van der Waals surface area (Å²) in [5, 5.41) is 0. The lowest BCUT2D eigenvalue weighted by molar-refractivity contribution is -0.167. The van der Waals surface area contributed by atoms with Crippen molar-refractivity contribution in [3.05, 3.63) is 0 Å². The van der Waals surface area contributed by atoms with E-state index < -0.39 is 6.10 Å². The highest BCUT2D eigenvalue weighted by Gasteiger charge is 2.19. The molecule has 0 fully saturated rings. The molecule has 0 bridgehead atoms. The first-order valence-electron chi connectivity index (χ1n) is 31.8. The summed E-state index contributed by atoms with van der Waals surface area (Å²) in [5.74, 6) is 0.922. The van der Waals surface area contributed by atoms with E-state index in [0.29, 0.717) is 19.3 Å². The van der Waals surface area contributed by atoms with E-state index in [1.807, 2.05) is 0 Å². The highest BCUT2D eigenvalue weighted by atomic mass is 16.6. The lowest BCUT2D eigenvalue weighted by Gasteiger charge is -2.18. The summed E-state index contributed by atoms with van der Waals surface area (Å²) >= 11 is 0. The van der Waals surface area contributed by atoms with E-state index >= 15 is 0 Å². The average Bonchev–Trinajstić information content (AvgIpc) is 3.35. The minimum Gasteiger partial charge on any atom is -0.462 e. The predicted octanol–water partition coefficient (Wildman–Crippen LogP) is 21.2. The van der Waals surface area contributed by atoms with Gasteiger partial charge in [-0.05, 0) is 31.1 Å². The molecule has 0 N–H and O–H groups in total. The molecule has 0 aromatic carbocycles. The summed E-state index contributed by atoms with van der Waals surface area (Å²) in [6, 6.07) is 0. The number of unbranched alkanes of at least 4 members (excludes halogenated alkanes) is 42. The molecule has 1 unspecified atom stereocenters. The average molecular weight is 990 g/mol. The molecule has 0 heterocycles. The normalized spacial score (nSPS) is 12.4. The summed E-state index contributed by atoms with van der Waals surface area (Å²) in [4.78, 5) is 38.3. The van der Waals surface area contributed by atoms with Gasteiger partial charge in [-0.25, -0.2) is 0 Å². The molecule has 0 saturated carbocycles. The van der Waals surface area contributed by atoms with Crippen molar-refractivity contribution in [1.82, 2.24) is 0 Å². The third-order valence-corrected chi connectivity index (χ3v) is 15.1. The minimum atomic E-state index is -0.763. The van der Waals surface area contributed by atoms with Gasteiger partial charge in [0.25, 0.3) is 0 Å². The molecule has 0 aliphatic rings. The number of carbonyl (C=O) groups excluding carboxylic acids is 3. The number of esters is 3. The Kier molecular flexibility index (Phi) is 55.4. The van der Waals surface area contributed by atoms with Crippen molar-refractivity contribution < 1.29 is 28.6 Å². The van der Waals surface area contributed by atoms with Crippen molar-refractivity contribution >= 4 is 17.9 Å². The first-order chi connectivity index (χ1) is 34.3. The quantitative estimate of drug-likeness (QED) is 0.0343. The molecular weight excluding hydrogens is 865 g/mol. The van der Waals surface area contributed by atoms with Gasteiger partial charge in [-0.15, -0.1) is 0 Å². The zero-order chi connectivity index (χ0) is 51.1. The lowest BCUT2D eigenvalue weighted by Crippen LogP contribution is -2.30. The van der Waals surface area contributed by atoms with Crippen LogP contribution in [-0.2, 0) is 28.6 Å². The number of hydrogen-bond acceptors (Lipinski definition) is 6. The fraction of sp³-hybridized carbons (Fsp3) is 0.953. The van der Waals surface area contributed by atoms with Crippen LogP contribution in [0.4, 0.5) is 0 Å². The van der Waals surface area contributed by atoms with Gasteiger partial charge in [0.1, 0.15) is 13.2 Å². The van der Waals surface area contributed by atoms with Gasteiger partial charge < -0.3 is 14.2 Å². The largest absolute Gasteiger partial charge is 0.462 e. The summed E-state index contributed by atoms with van der Waals surface area (Å²) < 4.78 is 16.9. The van der Waals surface area contributed by atoms with E-state index in [1.165, 1.54) is 250 Å². The Hall–Kier alpha value is -1.59. The number of ether oxygens (including phenoxy) is 3. The minimum absolute atomic E-state index is 0.0618. The number of rotatable bonds is 58. The predicted molar refractivity (Wildman–Crippen MR) is 303 cm³/mol. The van der Waals surface area contributed by atoms with Crippen LogP contribution in [0.5, 0.6) is 0 Å². The van der Waals surface area contributed by atoms with Gasteiger partial charge >= 0.3 is 17.9 Å². The van der Waals surface area contributed by atoms with Crippen LogP contribution >= 0.6 is 0 Å². The molecule has 416 valence electrons. The summed E-state index contributed by atoms with van der Waals surface area (Å²) in [6.07, 6.45) is 62.4. The Morgan fingerprint density at radius 1 is 0.300 bits per heavy atom. The first kappa shape index (κ1) is 68.4. The van der Waals surface area contributed by atoms with E-state index in [1.54, 1.807) is 0 Å². The molecule has 70 heavy (non-hydrogen) atoms. The van der Waals surface area contributed by atoms with Gasteiger partial charge in [-0.3, -0.25) is 14.4 Å². The van der Waals surface area contributed by atoms with Crippen LogP contribution in [0.25, 0.3) is 0 Å². The molecule has 0 aromatic heterocycles. The van der Waals surface area contributed by atoms with E-state index in [4.69, 9.17) is 14.2 Å². The van der Waals surface area contributed by atoms with Crippen molar-refractivity contribution in [3.63, 3.8) is 0 Å². The van der Waals surface area contributed by atoms with E-state index in [-0.39, 0.29) is 31.1 Å². The molecule has 0 spiro atoms. The SMILES string of the molecule is CCCCCCCCCCCCCCCC(=O)OC[C@H](COC(=O)CCCCCCCCCCCCCCCCCCCCC(C)C)OC(=O)CCCCCCCCCCCCCCCCC(C)CC. The molecule has 0 aliphatic carbocycles. The molecular formula is C64H124O6. The summed E-state index contributed by atoms with van der Waals surface area (Å²) in [7, 11) is 0. The van der Waals surface area contributed by atoms with Gasteiger partial charge in [0.15, 0.2) is 6.10 Å². The molecule has 0 aliphatic heterocycles. The smallest absolute Gasteiger partial charge is 0.306 e. The topological polar surface area (TPSA) is 78.9 Å². The first-order valence-corrected chi connectivity index (χ1v) is 31.8. The van der Waals surface area contributed by atoms with E-state index in [2.05, 4.69) is 34.6 Å². The molecule has 0 aromatic rings. The van der Waals surface area contributed by atoms with Crippen LogP contribution in [0, 0.1) is 11.8 Å². The maximum Gasteiger partial charge on any atom is 0.306 e. The molecule has 0 saturated heterocycles. The standard InChI is InChI=1S/C64H124O6/c1-6-8-9-10-11-12-13-22-29-34-39-44-49-54-62(65)68-57-61(70-64(67)56-51-46-41-36-31-26-21-20-24-28-33-38-43-48-53-60(5)7-2)58-69-63(66)55-50-45-40-35-30-25-19-17-15-14-16-18-23-27-32-37-42-47-52-59(3)4/h59-61H,6-58H2,1-5H3/t60?,61-/m1/s1. The zero-order valence-corrected chi connectivity index (χ0v) is 48.2. The maximum atomic E-state index is 12.9. The van der Waals surface area contributed by atoms with Crippen LogP contribution in [0.2, 0.25) is 0 Å². The molecule has 0 radical (unpaired) electrons. The Bertz CT molecular complexity index is 1070. The second kappa shape index (κ2) is 56.7. The molecule has 2 atom stereocenters. The van der Waals surface area contributed by atoms with Crippen LogP contribution in [0.15, 0.2) is 0 Å². The van der Waals surface area contributed by atoms with Crippen molar-refractivity contribution in [1.29, 1.82) is 0 Å². The van der Waals surface area contributed by atoms with Crippen molar-refractivity contribution in [3.8, 4) is 0 Å². The third-order valence-electron chi connectivity index (χ3n) is 15.1. The molecule has 6 nitrogen and oxygen atoms in total. The Balaban J connectivity index is 4.25. The third kappa shape index (κ3) is 55.7. The Morgan fingerprint density at radius 3 is 0.814 bits per heavy atom. The fourth-order valence-corrected chi connectivity index (χ4v) is 9.90. The Morgan fingerprint density at radius 2 is 0.543 bits per heavy atom. The fourth-order valence-electron chi connectivity index (χ4n) is 9.90. The van der Waals surface area contributed by atoms with Crippen molar-refractivity contribution in [2.24, 2.45) is 11.8 Å². The highest BCUT2D eigenvalue weighted by molar-refractivity contribution is 5.71. The van der Waals surface area contributed by atoms with Gasteiger partial charge in [-0.1, -0.05) is 324 Å². The number of hydrogen-bond donors (Lipinski definition) is 0. The molecule has 0 amide bonds. The zero-order valence-electron chi connectivity index (χ0n) is 48.2. The van der Waals surface area contributed by atoms with Crippen molar-refractivity contribution in [2.45, 2.75) is 368 Å². The second-order valence-corrected chi connectivity index (χ2v) is 22.8. The maximum absolute atomic E-state index is 12.9. The molecule has 0 rings (SSSR count). The van der Waals surface area contributed by atoms with Gasteiger partial charge in [0.05, 0.1) is 0 Å². The van der Waals surface area contributed by atoms with Crippen LogP contribution in [0.1, 0.15) is 362 Å². The van der Waals surface area contributed by atoms with E-state index in [9.17, 15) is 14.4 Å². The van der Waals surface area contributed by atoms with Crippen molar-refractivity contribution in [2.75, 3.05) is 13.2 Å². The van der Waals surface area contributed by atoms with E-state index in [0.717, 1.165) is 69.6 Å². The Labute approximate surface area is 438 Å². The second-order valence-electron chi connectivity index (χ2n) is 22.8. The summed E-state index contributed by atoms with van der Waals surface area (Å²) in [6.45, 7) is 11.5. The van der Waals surface area contributed by atoms with Gasteiger partial charge in [0.2, 0.25) is 0 Å². The molecule has 6 heteroatoms. The van der Waals surface area contributed by atoms with Crippen LogP contribution in [-0.4, -0.2) is 37.2 Å². The van der Waals surface area contributed by atoms with Gasteiger partial charge in [-0.2, -0.15) is 0 Å². The van der Waals surface area contributed by atoms with Crippen LogP contribution in [0.3, 0.4) is 0 Å².